The SMILES string of the molecule is COCc1cc(N)c2c(F)c(C)cc(F)c2n1. The summed E-state index contributed by atoms with van der Waals surface area (Å²) < 4.78 is 32.4. The molecule has 5 heteroatoms. The molecule has 1 aromatic carbocycles. The molecule has 0 bridgehead atoms. The summed E-state index contributed by atoms with van der Waals surface area (Å²) in [6.45, 7) is 1.69. The van der Waals surface area contributed by atoms with Crippen LogP contribution >= 0.6 is 0 Å². The van der Waals surface area contributed by atoms with Gasteiger partial charge in [-0.15, -0.1) is 0 Å². The number of anilines is 1. The Balaban J connectivity index is 2.81. The third kappa shape index (κ3) is 1.93. The maximum absolute atomic E-state index is 13.8. The van der Waals surface area contributed by atoms with Crippen LogP contribution in [-0.4, -0.2) is 12.1 Å². The molecule has 0 fully saturated rings. The molecule has 0 saturated carbocycles. The largest absolute Gasteiger partial charge is 0.398 e. The van der Waals surface area contributed by atoms with Gasteiger partial charge in [-0.05, 0) is 24.6 Å². The fourth-order valence-corrected chi connectivity index (χ4v) is 1.76. The van der Waals surface area contributed by atoms with E-state index in [1.54, 1.807) is 0 Å². The molecule has 90 valence electrons. The number of pyridine rings is 1. The highest BCUT2D eigenvalue weighted by Gasteiger charge is 2.14. The number of benzene rings is 1. The van der Waals surface area contributed by atoms with E-state index in [0.717, 1.165) is 6.07 Å². The molecule has 0 atom stereocenters. The van der Waals surface area contributed by atoms with Gasteiger partial charge in [-0.2, -0.15) is 0 Å². The van der Waals surface area contributed by atoms with Gasteiger partial charge in [0.25, 0.3) is 0 Å². The second-order valence-electron chi connectivity index (χ2n) is 3.85. The first-order valence-electron chi connectivity index (χ1n) is 5.07. The van der Waals surface area contributed by atoms with Crippen molar-refractivity contribution in [2.45, 2.75) is 13.5 Å². The number of methoxy groups -OCH3 is 1. The van der Waals surface area contributed by atoms with Crippen LogP contribution in [0, 0.1) is 18.6 Å². The van der Waals surface area contributed by atoms with Gasteiger partial charge in [-0.1, -0.05) is 0 Å². The van der Waals surface area contributed by atoms with Gasteiger partial charge >= 0.3 is 0 Å². The second-order valence-corrected chi connectivity index (χ2v) is 3.85. The molecule has 2 rings (SSSR count). The monoisotopic (exact) mass is 238 g/mol. The highest BCUT2D eigenvalue weighted by atomic mass is 19.1. The second kappa shape index (κ2) is 4.25. The van der Waals surface area contributed by atoms with Gasteiger partial charge in [0.1, 0.15) is 17.2 Å². The number of nitrogen functional groups attached to an aromatic ring is 1. The van der Waals surface area contributed by atoms with Gasteiger partial charge in [0, 0.05) is 12.8 Å². The lowest BCUT2D eigenvalue weighted by Crippen LogP contribution is -2.01. The van der Waals surface area contributed by atoms with E-state index in [9.17, 15) is 8.78 Å². The third-order valence-corrected chi connectivity index (χ3v) is 2.53. The fourth-order valence-electron chi connectivity index (χ4n) is 1.76. The van der Waals surface area contributed by atoms with Crippen LogP contribution in [0.2, 0.25) is 0 Å². The minimum atomic E-state index is -0.580. The molecular formula is C12H12F2N2O. The van der Waals surface area contributed by atoms with E-state index in [1.807, 2.05) is 0 Å². The number of nitrogens with two attached hydrogens (primary N) is 1. The number of fused-ring (bicyclic) bond motifs is 1. The quantitative estimate of drug-likeness (QED) is 0.874. The molecule has 2 N–H and O–H groups in total. The highest BCUT2D eigenvalue weighted by Crippen LogP contribution is 2.28. The van der Waals surface area contributed by atoms with Crippen molar-refractivity contribution in [3.63, 3.8) is 0 Å². The molecule has 17 heavy (non-hydrogen) atoms. The maximum atomic E-state index is 13.8. The Morgan fingerprint density at radius 3 is 2.71 bits per heavy atom. The summed E-state index contributed by atoms with van der Waals surface area (Å²) in [5.74, 6) is -1.11. The van der Waals surface area contributed by atoms with Gasteiger partial charge in [0.15, 0.2) is 0 Å². The molecule has 0 unspecified atom stereocenters. The molecule has 2 aromatic rings. The van der Waals surface area contributed by atoms with Crippen molar-refractivity contribution in [2.24, 2.45) is 0 Å². The zero-order chi connectivity index (χ0) is 12.6. The standard InChI is InChI=1S/C12H12F2N2O/c1-6-3-8(13)12-10(11(6)14)9(15)4-7(16-12)5-17-2/h3-4H,5H2,1-2H3,(H2,15,16). The van der Waals surface area contributed by atoms with Crippen molar-refractivity contribution in [3.05, 3.63) is 35.0 Å². The van der Waals surface area contributed by atoms with Gasteiger partial charge in [-0.25, -0.2) is 13.8 Å². The van der Waals surface area contributed by atoms with Crippen LogP contribution in [0.1, 0.15) is 11.3 Å². The number of aromatic nitrogens is 1. The minimum absolute atomic E-state index is 0.0300. The van der Waals surface area contributed by atoms with Gasteiger partial charge in [-0.3, -0.25) is 0 Å². The van der Waals surface area contributed by atoms with Crippen molar-refractivity contribution in [1.29, 1.82) is 0 Å². The van der Waals surface area contributed by atoms with E-state index in [4.69, 9.17) is 10.5 Å². The minimum Gasteiger partial charge on any atom is -0.398 e. The van der Waals surface area contributed by atoms with Crippen LogP contribution in [-0.2, 0) is 11.3 Å². The van der Waals surface area contributed by atoms with Crippen LogP contribution in [0.4, 0.5) is 14.5 Å². The number of ether oxygens (including phenoxy) is 1. The lowest BCUT2D eigenvalue weighted by atomic mass is 10.1. The predicted octanol–water partition coefficient (Wildman–Crippen LogP) is 2.55. The van der Waals surface area contributed by atoms with Crippen molar-refractivity contribution >= 4 is 16.6 Å². The zero-order valence-electron chi connectivity index (χ0n) is 9.55. The highest BCUT2D eigenvalue weighted by molar-refractivity contribution is 5.91. The topological polar surface area (TPSA) is 48.1 Å². The Morgan fingerprint density at radius 2 is 2.06 bits per heavy atom. The number of aryl methyl sites for hydroxylation is 1. The normalized spacial score (nSPS) is 11.1. The van der Waals surface area contributed by atoms with E-state index >= 15 is 0 Å². The number of nitrogens with zero attached hydrogens (tertiary/aromatic N) is 1. The number of rotatable bonds is 2. The molecule has 0 aliphatic heterocycles. The summed E-state index contributed by atoms with van der Waals surface area (Å²) in [5, 5.41) is 0.0300. The summed E-state index contributed by atoms with van der Waals surface area (Å²) in [7, 11) is 1.49. The first-order chi connectivity index (χ1) is 8.04. The van der Waals surface area contributed by atoms with Crippen molar-refractivity contribution in [2.75, 3.05) is 12.8 Å². The Morgan fingerprint density at radius 1 is 1.35 bits per heavy atom. The number of halogens is 2. The average Bonchev–Trinajstić information content (AvgIpc) is 2.26. The van der Waals surface area contributed by atoms with Crippen molar-refractivity contribution in [3.8, 4) is 0 Å². The number of hydrogen-bond acceptors (Lipinski definition) is 3. The van der Waals surface area contributed by atoms with E-state index < -0.39 is 11.6 Å². The molecule has 1 heterocycles. The van der Waals surface area contributed by atoms with Gasteiger partial charge in [0.2, 0.25) is 0 Å². The molecular weight excluding hydrogens is 226 g/mol. The van der Waals surface area contributed by atoms with Crippen LogP contribution in [0.25, 0.3) is 10.9 Å². The lowest BCUT2D eigenvalue weighted by Gasteiger charge is -2.09. The Kier molecular flexibility index (Phi) is 2.93. The van der Waals surface area contributed by atoms with Crippen LogP contribution in [0.5, 0.6) is 0 Å². The van der Waals surface area contributed by atoms with E-state index in [1.165, 1.54) is 20.1 Å². The summed E-state index contributed by atoms with van der Waals surface area (Å²) in [5.41, 5.74) is 6.52. The lowest BCUT2D eigenvalue weighted by molar-refractivity contribution is 0.182. The molecule has 1 aromatic heterocycles. The average molecular weight is 238 g/mol. The Labute approximate surface area is 97.2 Å². The smallest absolute Gasteiger partial charge is 0.149 e. The maximum Gasteiger partial charge on any atom is 0.149 e. The van der Waals surface area contributed by atoms with Crippen molar-refractivity contribution < 1.29 is 13.5 Å². The molecule has 0 aliphatic rings. The molecule has 0 aliphatic carbocycles. The number of hydrogen-bond donors (Lipinski definition) is 1. The fraction of sp³-hybridized carbons (Fsp3) is 0.250. The first-order valence-corrected chi connectivity index (χ1v) is 5.07. The molecule has 0 saturated heterocycles. The third-order valence-electron chi connectivity index (χ3n) is 2.53. The Bertz CT molecular complexity index is 584. The molecule has 0 radical (unpaired) electrons. The summed E-state index contributed by atoms with van der Waals surface area (Å²) >= 11 is 0. The molecule has 0 amide bonds. The van der Waals surface area contributed by atoms with E-state index in [2.05, 4.69) is 4.98 Å². The molecule has 3 nitrogen and oxygen atoms in total. The Hall–Kier alpha value is -1.75. The van der Waals surface area contributed by atoms with Crippen LogP contribution in [0.15, 0.2) is 12.1 Å². The van der Waals surface area contributed by atoms with Crippen molar-refractivity contribution in [1.82, 2.24) is 4.98 Å². The predicted molar refractivity (Wildman–Crippen MR) is 61.5 cm³/mol. The summed E-state index contributed by atoms with van der Waals surface area (Å²) in [6, 6.07) is 2.61. The van der Waals surface area contributed by atoms with Crippen LogP contribution in [0.3, 0.4) is 0 Å². The van der Waals surface area contributed by atoms with E-state index in [0.29, 0.717) is 5.69 Å². The van der Waals surface area contributed by atoms with Gasteiger partial charge < -0.3 is 10.5 Å². The summed E-state index contributed by atoms with van der Waals surface area (Å²) in [4.78, 5) is 4.01. The summed E-state index contributed by atoms with van der Waals surface area (Å²) in [6.07, 6.45) is 0. The van der Waals surface area contributed by atoms with Gasteiger partial charge in [0.05, 0.1) is 17.7 Å². The molecule has 0 spiro atoms. The van der Waals surface area contributed by atoms with Crippen LogP contribution < -0.4 is 5.73 Å². The van der Waals surface area contributed by atoms with E-state index in [-0.39, 0.29) is 28.8 Å². The first kappa shape index (κ1) is 11.7. The zero-order valence-corrected chi connectivity index (χ0v) is 9.55.